The number of carboxylic acids is 1. The molecule has 1 fully saturated rings. The predicted octanol–water partition coefficient (Wildman–Crippen LogP) is 12.5. The molecule has 0 spiro atoms. The van der Waals surface area contributed by atoms with Gasteiger partial charge in [-0.1, -0.05) is 163 Å². The number of rotatable bonds is 16. The molecule has 2 heterocycles. The molecule has 1 atom stereocenters. The SMILES string of the molecule is C[C@](C(=O)O)(c1ccc(N2CCN(c3ccc(F)cc3)CC2)cn1)[N+](C(=O)c1c(Cl)cccc1Cl)(C(=Cc1ccccc1)C(=O)C=Cc1ccccc1)C(=Cc1ccccc1)C(=O)C=Cc1ccccc1. The summed E-state index contributed by atoms with van der Waals surface area (Å²) in [7, 11) is 0. The Labute approximate surface area is 422 Å². The number of anilines is 2. The third kappa shape index (κ3) is 10.6. The third-order valence-corrected chi connectivity index (χ3v) is 13.2. The highest BCUT2D eigenvalue weighted by atomic mass is 35.5. The topological polar surface area (TPSA) is 108 Å². The third-order valence-electron chi connectivity index (χ3n) is 12.5. The fourth-order valence-electron chi connectivity index (χ4n) is 8.79. The lowest BCUT2D eigenvalue weighted by Crippen LogP contribution is -2.68. The Balaban J connectivity index is 1.44. The number of carbonyl (C=O) groups is 4. The first-order chi connectivity index (χ1) is 34.4. The molecule has 0 aliphatic carbocycles. The van der Waals surface area contributed by atoms with Gasteiger partial charge >= 0.3 is 11.9 Å². The highest BCUT2D eigenvalue weighted by molar-refractivity contribution is 6.39. The van der Waals surface area contributed by atoms with E-state index in [0.717, 1.165) is 5.69 Å². The van der Waals surface area contributed by atoms with Crippen LogP contribution in [0, 0.1) is 5.82 Å². The molecule has 1 aliphatic heterocycles. The van der Waals surface area contributed by atoms with Crippen molar-refractivity contribution in [3.8, 4) is 0 Å². The van der Waals surface area contributed by atoms with E-state index >= 15 is 19.2 Å². The van der Waals surface area contributed by atoms with E-state index in [-0.39, 0.29) is 27.1 Å². The number of allylic oxidation sites excluding steroid dienone is 2. The van der Waals surface area contributed by atoms with Crippen LogP contribution in [0.1, 0.15) is 45.2 Å². The summed E-state index contributed by atoms with van der Waals surface area (Å²) >= 11 is 14.0. The van der Waals surface area contributed by atoms with Crippen LogP contribution in [0.5, 0.6) is 0 Å². The van der Waals surface area contributed by atoms with E-state index in [2.05, 4.69) is 9.80 Å². The van der Waals surface area contributed by atoms with Crippen LogP contribution in [0.25, 0.3) is 24.3 Å². The Kier molecular flexibility index (Phi) is 15.4. The van der Waals surface area contributed by atoms with Crippen molar-refractivity contribution in [1.82, 2.24) is 4.98 Å². The Morgan fingerprint density at radius 3 is 1.38 bits per heavy atom. The number of amides is 1. The second kappa shape index (κ2) is 22.2. The maximum Gasteiger partial charge on any atom is 0.373 e. The number of pyridine rings is 1. The van der Waals surface area contributed by atoms with Gasteiger partial charge in [0.1, 0.15) is 17.1 Å². The number of piperazine rings is 1. The van der Waals surface area contributed by atoms with Crippen molar-refractivity contribution in [1.29, 1.82) is 0 Å². The van der Waals surface area contributed by atoms with E-state index in [1.807, 2.05) is 12.1 Å². The Hall–Kier alpha value is -8.02. The molecule has 9 nitrogen and oxygen atoms in total. The number of aromatic nitrogens is 1. The van der Waals surface area contributed by atoms with Crippen LogP contribution >= 0.6 is 23.2 Å². The van der Waals surface area contributed by atoms with Crippen molar-refractivity contribution in [3.63, 3.8) is 0 Å². The minimum Gasteiger partial charge on any atom is -0.476 e. The average molecular weight is 983 g/mol. The molecule has 0 saturated carbocycles. The standard InChI is InChI=1S/C59H47Cl2FN4O5/c1-59(58(70)71,55-34-31-48(41-63-55)65-37-35-64(36-38-65)47-29-27-46(62)28-30-47)66(57(69)56-49(60)23-14-24-50(56)61,51(39-44-19-10-4-11-20-44)53(67)32-25-42-15-6-2-7-16-42)52(40-45-21-12-5-13-22-45)54(68)33-26-43-17-8-3-9-18-43/h2-34,39-41H,35-38H2,1H3/p+1/t59-,66?/m1/s1. The normalized spacial score (nSPS) is 15.0. The molecule has 8 rings (SSSR count). The van der Waals surface area contributed by atoms with Crippen molar-refractivity contribution in [2.24, 2.45) is 0 Å². The van der Waals surface area contributed by atoms with Crippen LogP contribution in [0.3, 0.4) is 0 Å². The molecule has 71 heavy (non-hydrogen) atoms. The summed E-state index contributed by atoms with van der Waals surface area (Å²) in [4.78, 5) is 72.4. The smallest absolute Gasteiger partial charge is 0.373 e. The molecule has 6 aromatic carbocycles. The number of quaternary nitrogens is 1. The predicted molar refractivity (Wildman–Crippen MR) is 281 cm³/mol. The zero-order valence-corrected chi connectivity index (χ0v) is 40.1. The molecule has 0 unspecified atom stereocenters. The molecule has 1 aliphatic rings. The van der Waals surface area contributed by atoms with Gasteiger partial charge in [-0.05, 0) is 82.9 Å². The van der Waals surface area contributed by atoms with Gasteiger partial charge in [-0.25, -0.2) is 14.0 Å². The van der Waals surface area contributed by atoms with Gasteiger partial charge in [0, 0.05) is 50.9 Å². The van der Waals surface area contributed by atoms with Gasteiger partial charge < -0.3 is 14.9 Å². The van der Waals surface area contributed by atoms with E-state index in [9.17, 15) is 9.50 Å². The number of hydrogen-bond donors (Lipinski definition) is 1. The number of halogens is 3. The summed E-state index contributed by atoms with van der Waals surface area (Å²) in [5.41, 5.74) is -0.414. The van der Waals surface area contributed by atoms with Crippen LogP contribution in [0.4, 0.5) is 15.8 Å². The lowest BCUT2D eigenvalue weighted by atomic mass is 9.84. The molecule has 7 aromatic rings. The van der Waals surface area contributed by atoms with Gasteiger partial charge in [0.15, 0.2) is 11.4 Å². The summed E-state index contributed by atoms with van der Waals surface area (Å²) < 4.78 is 12.1. The molecule has 1 N–H and O–H groups in total. The molecule has 1 aromatic heterocycles. The largest absolute Gasteiger partial charge is 0.476 e. The monoisotopic (exact) mass is 981 g/mol. The highest BCUT2D eigenvalue weighted by Crippen LogP contribution is 2.49. The van der Waals surface area contributed by atoms with Crippen LogP contribution in [0.15, 0.2) is 206 Å². The van der Waals surface area contributed by atoms with Crippen molar-refractivity contribution in [3.05, 3.63) is 255 Å². The van der Waals surface area contributed by atoms with Crippen molar-refractivity contribution < 1.29 is 33.2 Å². The molecule has 354 valence electrons. The van der Waals surface area contributed by atoms with E-state index in [1.165, 1.54) is 73.8 Å². The fraction of sp³-hybridized carbons (Fsp3) is 0.102. The van der Waals surface area contributed by atoms with E-state index in [4.69, 9.17) is 28.2 Å². The Morgan fingerprint density at radius 1 is 0.563 bits per heavy atom. The summed E-state index contributed by atoms with van der Waals surface area (Å²) in [6.07, 6.45) is 10.0. The minimum absolute atomic E-state index is 0.154. The molecule has 12 heteroatoms. The van der Waals surface area contributed by atoms with Crippen molar-refractivity contribution in [2.45, 2.75) is 12.5 Å². The Bertz CT molecular complexity index is 3020. The Morgan fingerprint density at radius 2 is 0.972 bits per heavy atom. The van der Waals surface area contributed by atoms with Crippen molar-refractivity contribution >= 4 is 82.3 Å². The van der Waals surface area contributed by atoms with E-state index in [1.54, 1.807) is 140 Å². The first kappa shape index (κ1) is 49.4. The van der Waals surface area contributed by atoms with Gasteiger partial charge in [-0.3, -0.25) is 14.6 Å². The number of nitrogens with zero attached hydrogens (tertiary/aromatic N) is 4. The van der Waals surface area contributed by atoms with E-state index in [0.29, 0.717) is 54.1 Å². The summed E-state index contributed by atoms with van der Waals surface area (Å²) in [5.74, 6) is -4.65. The van der Waals surface area contributed by atoms with Crippen LogP contribution < -0.4 is 9.80 Å². The number of carbonyl (C=O) groups excluding carboxylic acids is 3. The number of aliphatic carboxylic acids is 1. The van der Waals surface area contributed by atoms with Gasteiger partial charge in [0.2, 0.25) is 11.6 Å². The van der Waals surface area contributed by atoms with Crippen molar-refractivity contribution in [2.75, 3.05) is 36.0 Å². The quantitative estimate of drug-likeness (QED) is 0.0753. The minimum atomic E-state index is -2.67. The van der Waals surface area contributed by atoms with Crippen LogP contribution in [0.2, 0.25) is 10.0 Å². The number of benzene rings is 6. The van der Waals surface area contributed by atoms with Gasteiger partial charge in [0.05, 0.1) is 21.9 Å². The molecule has 0 bridgehead atoms. The first-order valence-electron chi connectivity index (χ1n) is 22.8. The van der Waals surface area contributed by atoms with Gasteiger partial charge in [-0.15, -0.1) is 0 Å². The van der Waals surface area contributed by atoms with Gasteiger partial charge in [-0.2, -0.15) is 4.48 Å². The summed E-state index contributed by atoms with van der Waals surface area (Å²) in [5, 5.41) is 11.9. The van der Waals surface area contributed by atoms with E-state index < -0.39 is 44.9 Å². The molecular weight excluding hydrogens is 935 g/mol. The maximum atomic E-state index is 16.8. The number of ketones is 2. The molecule has 0 radical (unpaired) electrons. The van der Waals surface area contributed by atoms with Crippen LogP contribution in [-0.2, 0) is 19.9 Å². The fourth-order valence-corrected chi connectivity index (χ4v) is 9.35. The number of carboxylic acid groups (broad SMARTS) is 1. The second-order valence-corrected chi connectivity index (χ2v) is 17.7. The highest BCUT2D eigenvalue weighted by Gasteiger charge is 2.68. The second-order valence-electron chi connectivity index (χ2n) is 16.9. The summed E-state index contributed by atoms with van der Waals surface area (Å²) in [6, 6.07) is 49.3. The average Bonchev–Trinajstić information content (AvgIpc) is 3.40. The molecule has 1 amide bonds. The summed E-state index contributed by atoms with van der Waals surface area (Å²) in [6.45, 7) is 3.60. The lowest BCUT2D eigenvalue weighted by molar-refractivity contribution is -0.814. The first-order valence-corrected chi connectivity index (χ1v) is 23.6. The lowest BCUT2D eigenvalue weighted by Gasteiger charge is -2.46. The zero-order valence-electron chi connectivity index (χ0n) is 38.6. The van der Waals surface area contributed by atoms with Gasteiger partial charge in [0.25, 0.3) is 5.54 Å². The van der Waals surface area contributed by atoms with Crippen LogP contribution in [-0.4, -0.2) is 64.2 Å². The maximum absolute atomic E-state index is 16.8. The zero-order chi connectivity index (χ0) is 50.0. The number of hydrogen-bond acceptors (Lipinski definition) is 7. The molecular formula is C59H48Cl2FN4O5+. The molecule has 1 saturated heterocycles.